The van der Waals surface area contributed by atoms with Gasteiger partial charge in [-0.15, -0.1) is 0 Å². The van der Waals surface area contributed by atoms with Gasteiger partial charge in [0.1, 0.15) is 0 Å². The van der Waals surface area contributed by atoms with Crippen LogP contribution in [0.1, 0.15) is 37.5 Å². The molecule has 1 aromatic carbocycles. The topological polar surface area (TPSA) is 29.5 Å². The molecule has 2 unspecified atom stereocenters. The van der Waals surface area contributed by atoms with Crippen LogP contribution in [0.25, 0.3) is 0 Å². The van der Waals surface area contributed by atoms with E-state index in [1.807, 2.05) is 19.1 Å². The largest absolute Gasteiger partial charge is 0.388 e. The summed E-state index contributed by atoms with van der Waals surface area (Å²) in [7, 11) is 1.66. The second-order valence-electron chi connectivity index (χ2n) is 3.89. The number of benzene rings is 1. The summed E-state index contributed by atoms with van der Waals surface area (Å²) in [5, 5.41) is 9.91. The minimum absolute atomic E-state index is 0.0888. The third kappa shape index (κ3) is 3.65. The average Bonchev–Trinajstić information content (AvgIpc) is 2.29. The standard InChI is InChI=1S/C13H20O2/c1-4-11-5-7-12(8-6-11)13(14)9-10(2)15-3/h5-8,10,13-14H,4,9H2,1-3H3. The van der Waals surface area contributed by atoms with Crippen molar-refractivity contribution in [2.24, 2.45) is 0 Å². The first kappa shape index (κ1) is 12.2. The Bertz CT molecular complexity index is 279. The quantitative estimate of drug-likeness (QED) is 0.806. The lowest BCUT2D eigenvalue weighted by Gasteiger charge is -2.15. The number of methoxy groups -OCH3 is 1. The van der Waals surface area contributed by atoms with E-state index < -0.39 is 6.10 Å². The molecule has 2 heteroatoms. The average molecular weight is 208 g/mol. The van der Waals surface area contributed by atoms with Crippen LogP contribution >= 0.6 is 0 Å². The minimum atomic E-state index is -0.425. The van der Waals surface area contributed by atoms with Crippen molar-refractivity contribution in [2.75, 3.05) is 7.11 Å². The van der Waals surface area contributed by atoms with Crippen LogP contribution in [-0.4, -0.2) is 18.3 Å². The Hall–Kier alpha value is -0.860. The second-order valence-corrected chi connectivity index (χ2v) is 3.89. The zero-order valence-electron chi connectivity index (χ0n) is 9.73. The molecular weight excluding hydrogens is 188 g/mol. The summed E-state index contributed by atoms with van der Waals surface area (Å²) in [6.45, 7) is 4.09. The van der Waals surface area contributed by atoms with Crippen LogP contribution in [0.15, 0.2) is 24.3 Å². The Morgan fingerprint density at radius 1 is 1.27 bits per heavy atom. The van der Waals surface area contributed by atoms with E-state index in [4.69, 9.17) is 4.74 Å². The molecule has 0 aromatic heterocycles. The Balaban J connectivity index is 2.61. The number of aryl methyl sites for hydroxylation is 1. The molecule has 1 aromatic rings. The molecule has 1 N–H and O–H groups in total. The summed E-state index contributed by atoms with van der Waals surface area (Å²) in [5.74, 6) is 0. The van der Waals surface area contributed by atoms with Crippen LogP contribution in [0.3, 0.4) is 0 Å². The molecule has 0 bridgehead atoms. The summed E-state index contributed by atoms with van der Waals surface area (Å²) >= 11 is 0. The van der Waals surface area contributed by atoms with E-state index in [9.17, 15) is 5.11 Å². The maximum atomic E-state index is 9.91. The van der Waals surface area contributed by atoms with Gasteiger partial charge in [0, 0.05) is 13.5 Å². The smallest absolute Gasteiger partial charge is 0.0814 e. The predicted molar refractivity (Wildman–Crippen MR) is 61.9 cm³/mol. The maximum Gasteiger partial charge on any atom is 0.0814 e. The van der Waals surface area contributed by atoms with E-state index in [1.165, 1.54) is 5.56 Å². The zero-order valence-corrected chi connectivity index (χ0v) is 9.73. The molecule has 0 heterocycles. The SMILES string of the molecule is CCc1ccc(C(O)CC(C)OC)cc1. The molecule has 0 aliphatic rings. The number of rotatable bonds is 5. The van der Waals surface area contributed by atoms with Crippen molar-refractivity contribution in [3.05, 3.63) is 35.4 Å². The summed E-state index contributed by atoms with van der Waals surface area (Å²) in [6.07, 6.45) is 1.34. The molecule has 2 nitrogen and oxygen atoms in total. The fourth-order valence-corrected chi connectivity index (χ4v) is 1.52. The number of hydrogen-bond donors (Lipinski definition) is 1. The van der Waals surface area contributed by atoms with Gasteiger partial charge in [-0.1, -0.05) is 31.2 Å². The second kappa shape index (κ2) is 5.89. The molecule has 0 fully saturated rings. The molecule has 0 saturated carbocycles. The van der Waals surface area contributed by atoms with Gasteiger partial charge in [0.05, 0.1) is 12.2 Å². The molecule has 1 rings (SSSR count). The predicted octanol–water partition coefficient (Wildman–Crippen LogP) is 2.71. The third-order valence-electron chi connectivity index (χ3n) is 2.73. The molecule has 0 amide bonds. The molecule has 0 saturated heterocycles. The van der Waals surface area contributed by atoms with Crippen molar-refractivity contribution in [3.63, 3.8) is 0 Å². The summed E-state index contributed by atoms with van der Waals surface area (Å²) in [6, 6.07) is 8.11. The third-order valence-corrected chi connectivity index (χ3v) is 2.73. The van der Waals surface area contributed by atoms with E-state index in [-0.39, 0.29) is 6.10 Å². The molecule has 0 aliphatic carbocycles. The first-order valence-corrected chi connectivity index (χ1v) is 5.47. The van der Waals surface area contributed by atoms with Crippen LogP contribution < -0.4 is 0 Å². The van der Waals surface area contributed by atoms with E-state index in [0.717, 1.165) is 12.0 Å². The van der Waals surface area contributed by atoms with Gasteiger partial charge in [-0.25, -0.2) is 0 Å². The van der Waals surface area contributed by atoms with Crippen LogP contribution in [0.4, 0.5) is 0 Å². The first-order valence-electron chi connectivity index (χ1n) is 5.47. The molecule has 84 valence electrons. The highest BCUT2D eigenvalue weighted by Crippen LogP contribution is 2.19. The van der Waals surface area contributed by atoms with Crippen LogP contribution in [0, 0.1) is 0 Å². The summed E-state index contributed by atoms with van der Waals surface area (Å²) < 4.78 is 5.13. The lowest BCUT2D eigenvalue weighted by molar-refractivity contribution is 0.0560. The highest BCUT2D eigenvalue weighted by molar-refractivity contribution is 5.24. The first-order chi connectivity index (χ1) is 7.17. The summed E-state index contributed by atoms with van der Waals surface area (Å²) in [4.78, 5) is 0. The lowest BCUT2D eigenvalue weighted by Crippen LogP contribution is -2.10. The van der Waals surface area contributed by atoms with E-state index in [2.05, 4.69) is 19.1 Å². The molecule has 0 radical (unpaired) electrons. The van der Waals surface area contributed by atoms with Crippen molar-refractivity contribution >= 4 is 0 Å². The zero-order chi connectivity index (χ0) is 11.3. The Kier molecular flexibility index (Phi) is 4.79. The highest BCUT2D eigenvalue weighted by atomic mass is 16.5. The van der Waals surface area contributed by atoms with Crippen LogP contribution in [0.5, 0.6) is 0 Å². The van der Waals surface area contributed by atoms with Crippen molar-refractivity contribution in [3.8, 4) is 0 Å². The van der Waals surface area contributed by atoms with Gasteiger partial charge in [-0.2, -0.15) is 0 Å². The number of hydrogen-bond acceptors (Lipinski definition) is 2. The lowest BCUT2D eigenvalue weighted by atomic mass is 10.0. The van der Waals surface area contributed by atoms with Gasteiger partial charge in [0.15, 0.2) is 0 Å². The molecule has 0 aliphatic heterocycles. The molecule has 0 spiro atoms. The molecule has 2 atom stereocenters. The van der Waals surface area contributed by atoms with E-state index in [1.54, 1.807) is 7.11 Å². The van der Waals surface area contributed by atoms with E-state index in [0.29, 0.717) is 6.42 Å². The van der Waals surface area contributed by atoms with Gasteiger partial charge in [-0.05, 0) is 24.5 Å². The Morgan fingerprint density at radius 3 is 2.33 bits per heavy atom. The monoisotopic (exact) mass is 208 g/mol. The minimum Gasteiger partial charge on any atom is -0.388 e. The van der Waals surface area contributed by atoms with Crippen molar-refractivity contribution < 1.29 is 9.84 Å². The number of aliphatic hydroxyl groups excluding tert-OH is 1. The van der Waals surface area contributed by atoms with Crippen molar-refractivity contribution in [1.29, 1.82) is 0 Å². The molecule has 15 heavy (non-hydrogen) atoms. The van der Waals surface area contributed by atoms with Crippen LogP contribution in [0.2, 0.25) is 0 Å². The Morgan fingerprint density at radius 2 is 1.87 bits per heavy atom. The molecular formula is C13H20O2. The van der Waals surface area contributed by atoms with Gasteiger partial charge in [-0.3, -0.25) is 0 Å². The number of aliphatic hydroxyl groups is 1. The van der Waals surface area contributed by atoms with Gasteiger partial charge in [0.25, 0.3) is 0 Å². The maximum absolute atomic E-state index is 9.91. The van der Waals surface area contributed by atoms with E-state index >= 15 is 0 Å². The Labute approximate surface area is 91.9 Å². The normalized spacial score (nSPS) is 14.9. The summed E-state index contributed by atoms with van der Waals surface area (Å²) in [5.41, 5.74) is 2.27. The van der Waals surface area contributed by atoms with Gasteiger partial charge in [0.2, 0.25) is 0 Å². The number of ether oxygens (including phenoxy) is 1. The fraction of sp³-hybridized carbons (Fsp3) is 0.538. The van der Waals surface area contributed by atoms with Crippen LogP contribution in [-0.2, 0) is 11.2 Å². The van der Waals surface area contributed by atoms with Gasteiger partial charge >= 0.3 is 0 Å². The van der Waals surface area contributed by atoms with Crippen molar-refractivity contribution in [1.82, 2.24) is 0 Å². The van der Waals surface area contributed by atoms with Crippen molar-refractivity contribution in [2.45, 2.75) is 38.9 Å². The highest BCUT2D eigenvalue weighted by Gasteiger charge is 2.11. The van der Waals surface area contributed by atoms with Gasteiger partial charge < -0.3 is 9.84 Å². The fourth-order valence-electron chi connectivity index (χ4n) is 1.52.